The summed E-state index contributed by atoms with van der Waals surface area (Å²) >= 11 is 0. The molecule has 1 saturated carbocycles. The standard InChI is InChI=1S/C10H20N2O/c1-7-4-3-5-10(12,8(7)2)6-9(11)13/h7-8H,3-6,12H2,1-2H3,(H2,11,13). The number of primary amides is 1. The van der Waals surface area contributed by atoms with Gasteiger partial charge in [-0.3, -0.25) is 4.79 Å². The molecule has 1 fully saturated rings. The van der Waals surface area contributed by atoms with Gasteiger partial charge in [0.1, 0.15) is 0 Å². The second kappa shape index (κ2) is 3.66. The molecule has 3 nitrogen and oxygen atoms in total. The third-order valence-corrected chi connectivity index (χ3v) is 3.57. The number of carbonyl (C=O) groups excluding carboxylic acids is 1. The summed E-state index contributed by atoms with van der Waals surface area (Å²) in [4.78, 5) is 10.9. The highest BCUT2D eigenvalue weighted by molar-refractivity contribution is 5.75. The van der Waals surface area contributed by atoms with Crippen LogP contribution in [0.15, 0.2) is 0 Å². The fourth-order valence-corrected chi connectivity index (χ4v) is 2.37. The lowest BCUT2D eigenvalue weighted by molar-refractivity contribution is -0.120. The van der Waals surface area contributed by atoms with Crippen LogP contribution in [-0.2, 0) is 4.79 Å². The van der Waals surface area contributed by atoms with Crippen molar-refractivity contribution in [3.8, 4) is 0 Å². The molecule has 0 aromatic carbocycles. The zero-order chi connectivity index (χ0) is 10.1. The lowest BCUT2D eigenvalue weighted by Crippen LogP contribution is -2.53. The topological polar surface area (TPSA) is 69.1 Å². The monoisotopic (exact) mass is 184 g/mol. The zero-order valence-electron chi connectivity index (χ0n) is 8.55. The summed E-state index contributed by atoms with van der Waals surface area (Å²) < 4.78 is 0. The van der Waals surface area contributed by atoms with E-state index in [1.54, 1.807) is 0 Å². The van der Waals surface area contributed by atoms with E-state index in [0.29, 0.717) is 18.3 Å². The van der Waals surface area contributed by atoms with Crippen LogP contribution < -0.4 is 11.5 Å². The predicted molar refractivity (Wildman–Crippen MR) is 52.9 cm³/mol. The highest BCUT2D eigenvalue weighted by Gasteiger charge is 2.39. The van der Waals surface area contributed by atoms with E-state index >= 15 is 0 Å². The van der Waals surface area contributed by atoms with Gasteiger partial charge in [0.15, 0.2) is 0 Å². The molecule has 4 N–H and O–H groups in total. The molecule has 0 spiro atoms. The SMILES string of the molecule is CC1CCCC(N)(CC(N)=O)C1C. The minimum absolute atomic E-state index is 0.275. The van der Waals surface area contributed by atoms with Crippen LogP contribution in [0.1, 0.15) is 39.5 Å². The van der Waals surface area contributed by atoms with Crippen molar-refractivity contribution in [2.75, 3.05) is 0 Å². The number of hydrogen-bond acceptors (Lipinski definition) is 2. The van der Waals surface area contributed by atoms with Gasteiger partial charge in [0, 0.05) is 12.0 Å². The fraction of sp³-hybridized carbons (Fsp3) is 0.900. The first-order chi connectivity index (χ1) is 5.96. The van der Waals surface area contributed by atoms with Gasteiger partial charge in [-0.1, -0.05) is 26.7 Å². The van der Waals surface area contributed by atoms with Crippen LogP contribution >= 0.6 is 0 Å². The van der Waals surface area contributed by atoms with Crippen molar-refractivity contribution < 1.29 is 4.79 Å². The molecule has 0 aromatic heterocycles. The van der Waals surface area contributed by atoms with Crippen molar-refractivity contribution in [3.63, 3.8) is 0 Å². The van der Waals surface area contributed by atoms with Crippen molar-refractivity contribution in [1.82, 2.24) is 0 Å². The van der Waals surface area contributed by atoms with Crippen LogP contribution in [-0.4, -0.2) is 11.4 Å². The summed E-state index contributed by atoms with van der Waals surface area (Å²) in [6.07, 6.45) is 3.61. The third-order valence-electron chi connectivity index (χ3n) is 3.57. The van der Waals surface area contributed by atoms with Crippen LogP contribution in [0, 0.1) is 11.8 Å². The number of rotatable bonds is 2. The minimum Gasteiger partial charge on any atom is -0.370 e. The lowest BCUT2D eigenvalue weighted by Gasteiger charge is -2.42. The molecule has 0 heterocycles. The van der Waals surface area contributed by atoms with Gasteiger partial charge >= 0.3 is 0 Å². The van der Waals surface area contributed by atoms with Gasteiger partial charge in [-0.25, -0.2) is 0 Å². The maximum Gasteiger partial charge on any atom is 0.219 e. The van der Waals surface area contributed by atoms with Crippen molar-refractivity contribution in [1.29, 1.82) is 0 Å². The lowest BCUT2D eigenvalue weighted by atomic mass is 9.67. The molecule has 76 valence electrons. The Balaban J connectivity index is 2.69. The largest absolute Gasteiger partial charge is 0.370 e. The van der Waals surface area contributed by atoms with Crippen molar-refractivity contribution in [3.05, 3.63) is 0 Å². The van der Waals surface area contributed by atoms with E-state index in [2.05, 4.69) is 13.8 Å². The van der Waals surface area contributed by atoms with E-state index in [4.69, 9.17) is 11.5 Å². The van der Waals surface area contributed by atoms with Crippen molar-refractivity contribution in [2.24, 2.45) is 23.3 Å². The number of amides is 1. The molecule has 0 saturated heterocycles. The van der Waals surface area contributed by atoms with E-state index in [0.717, 1.165) is 12.8 Å². The van der Waals surface area contributed by atoms with Gasteiger partial charge in [-0.2, -0.15) is 0 Å². The Kier molecular flexibility index (Phi) is 2.96. The molecule has 0 bridgehead atoms. The van der Waals surface area contributed by atoms with E-state index < -0.39 is 0 Å². The third kappa shape index (κ3) is 2.21. The molecule has 3 heteroatoms. The maximum absolute atomic E-state index is 10.9. The molecule has 1 amide bonds. The van der Waals surface area contributed by atoms with Gasteiger partial charge in [0.25, 0.3) is 0 Å². The quantitative estimate of drug-likeness (QED) is 0.672. The van der Waals surface area contributed by atoms with Crippen molar-refractivity contribution in [2.45, 2.75) is 45.1 Å². The molecular formula is C10H20N2O. The Morgan fingerprint density at radius 3 is 2.69 bits per heavy atom. The molecule has 1 rings (SSSR count). The normalized spacial score (nSPS) is 40.2. The molecule has 13 heavy (non-hydrogen) atoms. The Labute approximate surface area is 79.9 Å². The fourth-order valence-electron chi connectivity index (χ4n) is 2.37. The van der Waals surface area contributed by atoms with Gasteiger partial charge in [0.05, 0.1) is 0 Å². The van der Waals surface area contributed by atoms with Crippen molar-refractivity contribution >= 4 is 5.91 Å². The molecule has 0 aliphatic heterocycles. The van der Waals surface area contributed by atoms with Crippen LogP contribution in [0.5, 0.6) is 0 Å². The van der Waals surface area contributed by atoms with Crippen LogP contribution in [0.3, 0.4) is 0 Å². The maximum atomic E-state index is 10.9. The summed E-state index contributed by atoms with van der Waals surface area (Å²) in [5.41, 5.74) is 11.0. The first-order valence-corrected chi connectivity index (χ1v) is 5.03. The highest BCUT2D eigenvalue weighted by atomic mass is 16.1. The van der Waals surface area contributed by atoms with Crippen LogP contribution in [0.4, 0.5) is 0 Å². The van der Waals surface area contributed by atoms with E-state index in [1.807, 2.05) is 0 Å². The highest BCUT2D eigenvalue weighted by Crippen LogP contribution is 2.37. The Bertz CT molecular complexity index is 205. The van der Waals surface area contributed by atoms with E-state index in [-0.39, 0.29) is 11.4 Å². The molecule has 1 aliphatic rings. The molecule has 0 aromatic rings. The molecular weight excluding hydrogens is 164 g/mol. The number of carbonyl (C=O) groups is 1. The number of hydrogen-bond donors (Lipinski definition) is 2. The first kappa shape index (κ1) is 10.5. The van der Waals surface area contributed by atoms with Gasteiger partial charge in [0.2, 0.25) is 5.91 Å². The van der Waals surface area contributed by atoms with E-state index in [9.17, 15) is 4.79 Å². The summed E-state index contributed by atoms with van der Waals surface area (Å²) in [5.74, 6) is 0.732. The number of nitrogens with two attached hydrogens (primary N) is 2. The second-order valence-electron chi connectivity index (χ2n) is 4.53. The van der Waals surface area contributed by atoms with E-state index in [1.165, 1.54) is 6.42 Å². The van der Waals surface area contributed by atoms with Crippen LogP contribution in [0.25, 0.3) is 0 Å². The second-order valence-corrected chi connectivity index (χ2v) is 4.53. The average Bonchev–Trinajstić information content (AvgIpc) is 1.99. The van der Waals surface area contributed by atoms with Gasteiger partial charge in [-0.05, 0) is 18.3 Å². The molecule has 3 atom stereocenters. The smallest absolute Gasteiger partial charge is 0.219 e. The minimum atomic E-state index is -0.344. The molecule has 1 aliphatic carbocycles. The zero-order valence-corrected chi connectivity index (χ0v) is 8.55. The molecule has 0 radical (unpaired) electrons. The Hall–Kier alpha value is -0.570. The average molecular weight is 184 g/mol. The van der Waals surface area contributed by atoms with Crippen LogP contribution in [0.2, 0.25) is 0 Å². The van der Waals surface area contributed by atoms with Gasteiger partial charge < -0.3 is 11.5 Å². The van der Waals surface area contributed by atoms with Gasteiger partial charge in [-0.15, -0.1) is 0 Å². The summed E-state index contributed by atoms with van der Waals surface area (Å²) in [6.45, 7) is 4.33. The predicted octanol–water partition coefficient (Wildman–Crippen LogP) is 1.02. The summed E-state index contributed by atoms with van der Waals surface area (Å²) in [6, 6.07) is 0. The Morgan fingerprint density at radius 1 is 1.54 bits per heavy atom. The summed E-state index contributed by atoms with van der Waals surface area (Å²) in [5, 5.41) is 0. The summed E-state index contributed by atoms with van der Waals surface area (Å²) in [7, 11) is 0. The Morgan fingerprint density at radius 2 is 2.15 bits per heavy atom. The first-order valence-electron chi connectivity index (χ1n) is 5.03. The molecule has 3 unspecified atom stereocenters.